The molecular formula is C21H26N4O4. The Balaban J connectivity index is 1.97. The summed E-state index contributed by atoms with van der Waals surface area (Å²) >= 11 is 0. The lowest BCUT2D eigenvalue weighted by Gasteiger charge is -2.32. The van der Waals surface area contributed by atoms with Crippen molar-refractivity contribution in [2.24, 2.45) is 11.7 Å². The predicted octanol–water partition coefficient (Wildman–Crippen LogP) is 1.17. The molecule has 1 aliphatic heterocycles. The lowest BCUT2D eigenvalue weighted by Crippen LogP contribution is -2.44. The number of carbonyl (C=O) groups is 3. The van der Waals surface area contributed by atoms with Crippen LogP contribution in [-0.4, -0.2) is 42.8 Å². The van der Waals surface area contributed by atoms with Crippen LogP contribution in [0.15, 0.2) is 24.3 Å². The maximum absolute atomic E-state index is 12.9. The van der Waals surface area contributed by atoms with E-state index < -0.39 is 17.9 Å². The highest BCUT2D eigenvalue weighted by Gasteiger charge is 2.31. The molecule has 0 radical (unpaired) electrons. The van der Waals surface area contributed by atoms with Gasteiger partial charge in [-0.25, -0.2) is 0 Å². The van der Waals surface area contributed by atoms with Gasteiger partial charge in [-0.2, -0.15) is 0 Å². The zero-order valence-corrected chi connectivity index (χ0v) is 16.4. The fourth-order valence-corrected chi connectivity index (χ4v) is 3.23. The molecule has 8 heteroatoms. The number of hydrogen-bond donors (Lipinski definition) is 3. The van der Waals surface area contributed by atoms with Gasteiger partial charge in [0, 0.05) is 30.1 Å². The van der Waals surface area contributed by atoms with Gasteiger partial charge in [-0.1, -0.05) is 5.92 Å². The third-order valence-corrected chi connectivity index (χ3v) is 4.68. The number of amides is 2. The van der Waals surface area contributed by atoms with Crippen LogP contribution < -0.4 is 16.0 Å². The van der Waals surface area contributed by atoms with Gasteiger partial charge in [0.1, 0.15) is 11.9 Å². The summed E-state index contributed by atoms with van der Waals surface area (Å²) in [4.78, 5) is 38.4. The maximum Gasteiger partial charge on any atom is 0.308 e. The minimum atomic E-state index is -0.768. The van der Waals surface area contributed by atoms with Crippen molar-refractivity contribution in [3.63, 3.8) is 0 Å². The van der Waals surface area contributed by atoms with Crippen molar-refractivity contribution in [1.82, 2.24) is 5.32 Å². The van der Waals surface area contributed by atoms with E-state index in [2.05, 4.69) is 11.2 Å². The molecule has 0 aliphatic carbocycles. The highest BCUT2D eigenvalue weighted by Crippen LogP contribution is 2.26. The molecule has 2 rings (SSSR count). The van der Waals surface area contributed by atoms with E-state index >= 15 is 0 Å². The average molecular weight is 398 g/mol. The summed E-state index contributed by atoms with van der Waals surface area (Å²) in [7, 11) is 0. The van der Waals surface area contributed by atoms with Crippen molar-refractivity contribution in [2.45, 2.75) is 38.6 Å². The van der Waals surface area contributed by atoms with Gasteiger partial charge < -0.3 is 20.7 Å². The lowest BCUT2D eigenvalue weighted by molar-refractivity contribution is -0.143. The van der Waals surface area contributed by atoms with Gasteiger partial charge in [0.05, 0.1) is 13.0 Å². The van der Waals surface area contributed by atoms with Crippen molar-refractivity contribution in [1.29, 1.82) is 5.41 Å². The number of hydrogen-bond acceptors (Lipinski definition) is 5. The quantitative estimate of drug-likeness (QED) is 0.262. The van der Waals surface area contributed by atoms with Crippen LogP contribution in [0, 0.1) is 23.7 Å². The Bertz CT molecular complexity index is 813. The molecule has 8 nitrogen and oxygen atoms in total. The second-order valence-electron chi connectivity index (χ2n) is 6.79. The van der Waals surface area contributed by atoms with Crippen LogP contribution in [0.3, 0.4) is 0 Å². The first kappa shape index (κ1) is 22.0. The summed E-state index contributed by atoms with van der Waals surface area (Å²) < 4.78 is 4.84. The van der Waals surface area contributed by atoms with E-state index in [0.29, 0.717) is 24.2 Å². The third kappa shape index (κ3) is 6.07. The number of nitrogens with one attached hydrogen (secondary N) is 2. The first-order valence-electron chi connectivity index (χ1n) is 9.52. The summed E-state index contributed by atoms with van der Waals surface area (Å²) in [6.45, 7) is 2.49. The van der Waals surface area contributed by atoms with Gasteiger partial charge in [0.15, 0.2) is 0 Å². The molecule has 1 aromatic rings. The SMILES string of the molecule is C#CC(CC(=O)OCC)NC(=O)CC1CCCN(c2ccc(C(=N)N)cc2)C1=O. The number of piperidine rings is 1. The Hall–Kier alpha value is -3.34. The smallest absolute Gasteiger partial charge is 0.308 e. The zero-order valence-electron chi connectivity index (χ0n) is 16.4. The minimum Gasteiger partial charge on any atom is -0.466 e. The van der Waals surface area contributed by atoms with Crippen LogP contribution in [0.4, 0.5) is 5.69 Å². The van der Waals surface area contributed by atoms with Crippen LogP contribution >= 0.6 is 0 Å². The minimum absolute atomic E-state index is 0.00185. The number of anilines is 1. The molecule has 2 unspecified atom stereocenters. The van der Waals surface area contributed by atoms with Crippen LogP contribution in [0.5, 0.6) is 0 Å². The van der Waals surface area contributed by atoms with E-state index in [1.807, 2.05) is 0 Å². The van der Waals surface area contributed by atoms with Crippen LogP contribution in [0.2, 0.25) is 0 Å². The number of nitrogens with two attached hydrogens (primary N) is 1. The van der Waals surface area contributed by atoms with E-state index in [1.54, 1.807) is 36.1 Å². The van der Waals surface area contributed by atoms with E-state index in [-0.39, 0.29) is 37.1 Å². The monoisotopic (exact) mass is 398 g/mol. The lowest BCUT2D eigenvalue weighted by atomic mass is 9.92. The molecule has 29 heavy (non-hydrogen) atoms. The largest absolute Gasteiger partial charge is 0.466 e. The molecular weight excluding hydrogens is 372 g/mol. The first-order valence-corrected chi connectivity index (χ1v) is 9.52. The Morgan fingerprint density at radius 2 is 2.10 bits per heavy atom. The molecule has 4 N–H and O–H groups in total. The highest BCUT2D eigenvalue weighted by atomic mass is 16.5. The molecule has 154 valence electrons. The topological polar surface area (TPSA) is 126 Å². The van der Waals surface area contributed by atoms with Gasteiger partial charge in [0.25, 0.3) is 0 Å². The molecule has 0 bridgehead atoms. The number of esters is 1. The molecule has 1 aliphatic rings. The Morgan fingerprint density at radius 3 is 2.69 bits per heavy atom. The Kier molecular flexibility index (Phi) is 7.78. The number of amidine groups is 1. The summed E-state index contributed by atoms with van der Waals surface area (Å²) in [5.74, 6) is 0.876. The number of nitrogens with zero attached hydrogens (tertiary/aromatic N) is 1. The van der Waals surface area contributed by atoms with Gasteiger partial charge in [-0.3, -0.25) is 19.8 Å². The number of carbonyl (C=O) groups excluding carboxylic acids is 3. The van der Waals surface area contributed by atoms with Crippen molar-refractivity contribution < 1.29 is 19.1 Å². The van der Waals surface area contributed by atoms with E-state index in [1.165, 1.54) is 0 Å². The van der Waals surface area contributed by atoms with Crippen molar-refractivity contribution in [3.8, 4) is 12.3 Å². The van der Waals surface area contributed by atoms with E-state index in [4.69, 9.17) is 22.3 Å². The standard InChI is InChI=1S/C21H26N4O4/c1-3-16(13-19(27)29-4-2)24-18(26)12-15-6-5-11-25(21(15)28)17-9-7-14(8-10-17)20(22)23/h1,7-10,15-16H,4-6,11-13H2,2H3,(H3,22,23)(H,24,26). The molecule has 1 saturated heterocycles. The number of ether oxygens (including phenoxy) is 1. The highest BCUT2D eigenvalue weighted by molar-refractivity contribution is 5.99. The summed E-state index contributed by atoms with van der Waals surface area (Å²) in [5.41, 5.74) is 6.74. The molecule has 1 heterocycles. The first-order chi connectivity index (χ1) is 13.8. The number of benzene rings is 1. The molecule has 1 aromatic carbocycles. The zero-order chi connectivity index (χ0) is 21.4. The molecule has 0 saturated carbocycles. The van der Waals surface area contributed by atoms with Crippen LogP contribution in [0.25, 0.3) is 0 Å². The van der Waals surface area contributed by atoms with Crippen LogP contribution in [-0.2, 0) is 19.1 Å². The molecule has 0 spiro atoms. The van der Waals surface area contributed by atoms with Gasteiger partial charge in [-0.15, -0.1) is 6.42 Å². The second kappa shape index (κ2) is 10.3. The van der Waals surface area contributed by atoms with Crippen molar-refractivity contribution in [3.05, 3.63) is 29.8 Å². The Morgan fingerprint density at radius 1 is 1.41 bits per heavy atom. The summed E-state index contributed by atoms with van der Waals surface area (Å²) in [5, 5.41) is 10.1. The number of nitrogen functional groups attached to an aromatic ring is 1. The van der Waals surface area contributed by atoms with Crippen molar-refractivity contribution in [2.75, 3.05) is 18.1 Å². The average Bonchev–Trinajstić information content (AvgIpc) is 2.69. The predicted molar refractivity (Wildman–Crippen MR) is 109 cm³/mol. The maximum atomic E-state index is 12.9. The second-order valence-corrected chi connectivity index (χ2v) is 6.79. The number of rotatable bonds is 8. The normalized spacial score (nSPS) is 17.2. The fourth-order valence-electron chi connectivity index (χ4n) is 3.23. The molecule has 1 fully saturated rings. The van der Waals surface area contributed by atoms with Crippen molar-refractivity contribution >= 4 is 29.3 Å². The van der Waals surface area contributed by atoms with Gasteiger partial charge in [0.2, 0.25) is 11.8 Å². The van der Waals surface area contributed by atoms with Gasteiger partial charge >= 0.3 is 5.97 Å². The summed E-state index contributed by atoms with van der Waals surface area (Å²) in [6.07, 6.45) is 6.65. The van der Waals surface area contributed by atoms with Crippen LogP contribution in [0.1, 0.15) is 38.2 Å². The third-order valence-electron chi connectivity index (χ3n) is 4.68. The van der Waals surface area contributed by atoms with E-state index in [9.17, 15) is 14.4 Å². The van der Waals surface area contributed by atoms with Gasteiger partial charge in [-0.05, 0) is 44.0 Å². The molecule has 0 aromatic heterocycles. The molecule has 2 atom stereocenters. The fraction of sp³-hybridized carbons (Fsp3) is 0.429. The summed E-state index contributed by atoms with van der Waals surface area (Å²) in [6, 6.07) is 6.09. The number of terminal acetylenes is 1. The Labute approximate surface area is 170 Å². The van der Waals surface area contributed by atoms with E-state index in [0.717, 1.165) is 6.42 Å². The molecule has 2 amide bonds.